The number of benzene rings is 2. The fourth-order valence-electron chi connectivity index (χ4n) is 6.08. The monoisotopic (exact) mass is 577 g/mol. The molecule has 0 aliphatic carbocycles. The number of unbranched alkanes of at least 4 members (excludes halogenated alkanes) is 1. The highest BCUT2D eigenvalue weighted by Crippen LogP contribution is 2.47. The molecule has 3 heterocycles. The number of carboxylic acid groups (broad SMARTS) is 1. The average molecular weight is 578 g/mol. The van der Waals surface area contributed by atoms with Crippen molar-refractivity contribution in [1.82, 2.24) is 14.7 Å². The number of amides is 1. The standard InChI is InChI=1S/C31H39N5O6/c1-3-4-12-36(23-8-5-7-21(14-23)17-32)28(37)19-34-18-24(22-15-26(40-2)30-27(16-22)41-20-42-30)29(31(38)39)25(34)9-13-35-11-6-10-33-35/h5-8,10-11,14-16,24-25,29H,3-4,9,12-13,17-20,32H2,1-2H3,(H,38,39). The molecule has 3 atom stereocenters. The van der Waals surface area contributed by atoms with E-state index in [-0.39, 0.29) is 19.2 Å². The maximum Gasteiger partial charge on any atom is 0.308 e. The third-order valence-electron chi connectivity index (χ3n) is 8.19. The zero-order chi connectivity index (χ0) is 29.6. The summed E-state index contributed by atoms with van der Waals surface area (Å²) in [6.07, 6.45) is 5.86. The molecule has 0 bridgehead atoms. The fraction of sp³-hybridized carbons (Fsp3) is 0.452. The Hall–Kier alpha value is -4.09. The summed E-state index contributed by atoms with van der Waals surface area (Å²) in [6.45, 7) is 4.12. The summed E-state index contributed by atoms with van der Waals surface area (Å²) in [5, 5.41) is 14.9. The van der Waals surface area contributed by atoms with Gasteiger partial charge in [0.05, 0.1) is 19.6 Å². The van der Waals surface area contributed by atoms with Crippen LogP contribution in [0.3, 0.4) is 0 Å². The molecule has 1 fully saturated rings. The number of nitrogens with two attached hydrogens (primary N) is 1. The van der Waals surface area contributed by atoms with Crippen molar-refractivity contribution in [2.24, 2.45) is 11.7 Å². The van der Waals surface area contributed by atoms with Gasteiger partial charge in [-0.3, -0.25) is 19.2 Å². The normalized spacial score (nSPS) is 19.6. The number of nitrogens with zero attached hydrogens (tertiary/aromatic N) is 4. The van der Waals surface area contributed by atoms with E-state index in [2.05, 4.69) is 12.0 Å². The van der Waals surface area contributed by atoms with Crippen molar-refractivity contribution in [3.8, 4) is 17.2 Å². The summed E-state index contributed by atoms with van der Waals surface area (Å²) in [4.78, 5) is 30.7. The van der Waals surface area contributed by atoms with Crippen LogP contribution in [0.4, 0.5) is 5.69 Å². The average Bonchev–Trinajstić information content (AvgIpc) is 3.76. The van der Waals surface area contributed by atoms with Gasteiger partial charge in [-0.15, -0.1) is 0 Å². The van der Waals surface area contributed by atoms with Gasteiger partial charge in [-0.1, -0.05) is 25.5 Å². The van der Waals surface area contributed by atoms with Crippen molar-refractivity contribution < 1.29 is 28.9 Å². The molecule has 2 aliphatic heterocycles. The predicted molar refractivity (Wildman–Crippen MR) is 157 cm³/mol. The van der Waals surface area contributed by atoms with Crippen molar-refractivity contribution in [3.63, 3.8) is 0 Å². The molecule has 11 heteroatoms. The molecule has 42 heavy (non-hydrogen) atoms. The van der Waals surface area contributed by atoms with Crippen molar-refractivity contribution in [1.29, 1.82) is 0 Å². The number of aryl methyl sites for hydroxylation is 1. The summed E-state index contributed by atoms with van der Waals surface area (Å²) in [7, 11) is 1.55. The molecular formula is C31H39N5O6. The van der Waals surface area contributed by atoms with E-state index in [1.165, 1.54) is 0 Å². The molecule has 224 valence electrons. The summed E-state index contributed by atoms with van der Waals surface area (Å²) in [6, 6.07) is 12.8. The number of carbonyl (C=O) groups is 2. The molecule has 0 saturated carbocycles. The highest BCUT2D eigenvalue weighted by molar-refractivity contribution is 5.95. The van der Waals surface area contributed by atoms with E-state index in [0.717, 1.165) is 29.7 Å². The van der Waals surface area contributed by atoms with Crippen LogP contribution < -0.4 is 24.8 Å². The van der Waals surface area contributed by atoms with Gasteiger partial charge >= 0.3 is 5.97 Å². The van der Waals surface area contributed by atoms with E-state index < -0.39 is 23.8 Å². The fourth-order valence-corrected chi connectivity index (χ4v) is 6.08. The van der Waals surface area contributed by atoms with E-state index in [1.54, 1.807) is 22.9 Å². The predicted octanol–water partition coefficient (Wildman–Crippen LogP) is 3.47. The van der Waals surface area contributed by atoms with Gasteiger partial charge in [0.25, 0.3) is 0 Å². The Morgan fingerprint density at radius 2 is 2.07 bits per heavy atom. The largest absolute Gasteiger partial charge is 0.493 e. The minimum atomic E-state index is -0.907. The Morgan fingerprint density at radius 3 is 2.79 bits per heavy atom. The second-order valence-corrected chi connectivity index (χ2v) is 10.8. The molecule has 1 amide bonds. The number of aliphatic carboxylic acids is 1. The van der Waals surface area contributed by atoms with Crippen LogP contribution in [0.1, 0.15) is 43.2 Å². The molecule has 1 saturated heterocycles. The van der Waals surface area contributed by atoms with Crippen LogP contribution in [-0.2, 0) is 22.7 Å². The molecule has 2 aliphatic rings. The smallest absolute Gasteiger partial charge is 0.308 e. The van der Waals surface area contributed by atoms with Crippen LogP contribution in [0.5, 0.6) is 17.2 Å². The summed E-state index contributed by atoms with van der Waals surface area (Å²) in [5.74, 6) is -0.599. The number of carboxylic acids is 1. The second-order valence-electron chi connectivity index (χ2n) is 10.8. The zero-order valence-electron chi connectivity index (χ0n) is 24.1. The summed E-state index contributed by atoms with van der Waals surface area (Å²) in [5.41, 5.74) is 8.41. The van der Waals surface area contributed by atoms with Gasteiger partial charge < -0.3 is 30.0 Å². The van der Waals surface area contributed by atoms with Crippen LogP contribution in [0.25, 0.3) is 0 Å². The van der Waals surface area contributed by atoms with Gasteiger partial charge in [0.15, 0.2) is 11.5 Å². The summed E-state index contributed by atoms with van der Waals surface area (Å²) < 4.78 is 18.6. The number of hydrogen-bond donors (Lipinski definition) is 2. The maximum absolute atomic E-state index is 14.0. The van der Waals surface area contributed by atoms with E-state index in [0.29, 0.717) is 49.8 Å². The van der Waals surface area contributed by atoms with Gasteiger partial charge in [0, 0.05) is 56.2 Å². The van der Waals surface area contributed by atoms with Crippen LogP contribution in [0, 0.1) is 5.92 Å². The summed E-state index contributed by atoms with van der Waals surface area (Å²) >= 11 is 0. The van der Waals surface area contributed by atoms with E-state index in [1.807, 2.05) is 53.6 Å². The van der Waals surface area contributed by atoms with Crippen molar-refractivity contribution >= 4 is 17.6 Å². The van der Waals surface area contributed by atoms with Gasteiger partial charge in [0.1, 0.15) is 0 Å². The van der Waals surface area contributed by atoms with Gasteiger partial charge in [-0.25, -0.2) is 0 Å². The van der Waals surface area contributed by atoms with E-state index in [4.69, 9.17) is 19.9 Å². The number of anilines is 1. The molecule has 0 spiro atoms. The van der Waals surface area contributed by atoms with Crippen molar-refractivity contribution in [2.45, 2.75) is 51.2 Å². The third kappa shape index (κ3) is 6.22. The lowest BCUT2D eigenvalue weighted by Crippen LogP contribution is -2.45. The maximum atomic E-state index is 14.0. The van der Waals surface area contributed by atoms with Crippen LogP contribution in [0.15, 0.2) is 54.9 Å². The number of likely N-dealkylation sites (tertiary alicyclic amines) is 1. The number of fused-ring (bicyclic) bond motifs is 1. The number of methoxy groups -OCH3 is 1. The Morgan fingerprint density at radius 1 is 1.21 bits per heavy atom. The first-order chi connectivity index (χ1) is 20.4. The number of hydrogen-bond acceptors (Lipinski definition) is 8. The Balaban J connectivity index is 1.47. The first kappa shape index (κ1) is 29.4. The minimum Gasteiger partial charge on any atom is -0.493 e. The highest BCUT2D eigenvalue weighted by atomic mass is 16.7. The van der Waals surface area contributed by atoms with Gasteiger partial charge in [0.2, 0.25) is 18.4 Å². The topological polar surface area (TPSA) is 132 Å². The molecule has 3 aromatic rings. The SMILES string of the molecule is CCCCN(C(=O)CN1CC(c2cc(OC)c3c(c2)OCO3)C(C(=O)O)C1CCn1cccn1)c1cccc(CN)c1. The Kier molecular flexibility index (Phi) is 9.28. The lowest BCUT2D eigenvalue weighted by atomic mass is 9.84. The van der Waals surface area contributed by atoms with E-state index in [9.17, 15) is 14.7 Å². The van der Waals surface area contributed by atoms with Crippen molar-refractivity contribution in [2.75, 3.05) is 38.4 Å². The lowest BCUT2D eigenvalue weighted by Gasteiger charge is -2.30. The third-order valence-corrected chi connectivity index (χ3v) is 8.19. The van der Waals surface area contributed by atoms with E-state index >= 15 is 0 Å². The van der Waals surface area contributed by atoms with Crippen molar-refractivity contribution in [3.05, 3.63) is 66.0 Å². The molecule has 0 radical (unpaired) electrons. The Bertz CT molecular complexity index is 1380. The molecule has 3 N–H and O–H groups in total. The number of carbonyl (C=O) groups excluding carboxylic acids is 1. The molecule has 2 aromatic carbocycles. The van der Waals surface area contributed by atoms with Gasteiger partial charge in [-0.05, 0) is 54.3 Å². The molecule has 5 rings (SSSR count). The second kappa shape index (κ2) is 13.3. The zero-order valence-corrected chi connectivity index (χ0v) is 24.1. The molecular weight excluding hydrogens is 538 g/mol. The van der Waals surface area contributed by atoms with Crippen LogP contribution in [0.2, 0.25) is 0 Å². The quantitative estimate of drug-likeness (QED) is 0.313. The molecule has 1 aromatic heterocycles. The number of ether oxygens (including phenoxy) is 3. The molecule has 3 unspecified atom stereocenters. The lowest BCUT2D eigenvalue weighted by molar-refractivity contribution is -0.143. The Labute approximate surface area is 245 Å². The highest BCUT2D eigenvalue weighted by Gasteiger charge is 2.47. The van der Waals surface area contributed by atoms with Crippen LogP contribution >= 0.6 is 0 Å². The molecule has 11 nitrogen and oxygen atoms in total. The number of aromatic nitrogens is 2. The number of rotatable bonds is 13. The van der Waals surface area contributed by atoms with Gasteiger partial charge in [-0.2, -0.15) is 5.10 Å². The first-order valence-corrected chi connectivity index (χ1v) is 14.4. The minimum absolute atomic E-state index is 0.0743. The first-order valence-electron chi connectivity index (χ1n) is 14.4. The van der Waals surface area contributed by atoms with Crippen LogP contribution in [-0.4, -0.2) is 71.2 Å².